The summed E-state index contributed by atoms with van der Waals surface area (Å²) in [6.45, 7) is 0. The molecule has 0 saturated heterocycles. The Morgan fingerprint density at radius 1 is 1.30 bits per heavy atom. The smallest absolute Gasteiger partial charge is 0.550 e. The number of hydrogen-bond donors (Lipinski definition) is 0. The number of carbonyl (C=O) groups is 1. The minimum absolute atomic E-state index is 0. The zero-order chi connectivity index (χ0) is 7.11. The SMILES string of the molecule is O=C([O-])CCCCCBr.[Li+]. The molecule has 0 unspecified atom stereocenters. The molecule has 0 rings (SSSR count). The van der Waals surface area contributed by atoms with Crippen LogP contribution >= 0.6 is 15.9 Å². The predicted molar refractivity (Wildman–Crippen MR) is 37.3 cm³/mol. The van der Waals surface area contributed by atoms with Gasteiger partial charge in [0.25, 0.3) is 0 Å². The van der Waals surface area contributed by atoms with E-state index < -0.39 is 5.97 Å². The molecule has 0 heterocycles. The third-order valence-corrected chi connectivity index (χ3v) is 1.58. The number of hydrogen-bond acceptors (Lipinski definition) is 2. The van der Waals surface area contributed by atoms with E-state index in [1.54, 1.807) is 0 Å². The molecule has 0 N–H and O–H groups in total. The minimum Gasteiger partial charge on any atom is -0.550 e. The molecular weight excluding hydrogens is 191 g/mol. The fourth-order valence-electron chi connectivity index (χ4n) is 0.541. The van der Waals surface area contributed by atoms with Crippen molar-refractivity contribution in [2.24, 2.45) is 0 Å². The Hall–Kier alpha value is 0.547. The summed E-state index contributed by atoms with van der Waals surface area (Å²) in [4.78, 5) is 9.84. The number of carboxylic acid groups (broad SMARTS) is 1. The van der Waals surface area contributed by atoms with Crippen molar-refractivity contribution in [3.05, 3.63) is 0 Å². The summed E-state index contributed by atoms with van der Waals surface area (Å²) < 4.78 is 0. The van der Waals surface area contributed by atoms with Crippen molar-refractivity contribution < 1.29 is 28.8 Å². The van der Waals surface area contributed by atoms with Crippen LogP contribution < -0.4 is 24.0 Å². The van der Waals surface area contributed by atoms with E-state index in [2.05, 4.69) is 15.9 Å². The number of unbranched alkanes of at least 4 members (excludes halogenated alkanes) is 2. The van der Waals surface area contributed by atoms with Gasteiger partial charge in [0.05, 0.1) is 0 Å². The van der Waals surface area contributed by atoms with Gasteiger partial charge >= 0.3 is 18.9 Å². The fraction of sp³-hybridized carbons (Fsp3) is 0.833. The number of carboxylic acids is 1. The maximum atomic E-state index is 9.84. The van der Waals surface area contributed by atoms with Gasteiger partial charge in [-0.25, -0.2) is 0 Å². The molecule has 0 bridgehead atoms. The molecule has 0 aliphatic rings. The van der Waals surface area contributed by atoms with Crippen molar-refractivity contribution in [3.8, 4) is 0 Å². The van der Waals surface area contributed by atoms with Gasteiger partial charge in [0.15, 0.2) is 0 Å². The molecule has 4 heteroatoms. The Balaban J connectivity index is 0. The van der Waals surface area contributed by atoms with Crippen LogP contribution in [-0.4, -0.2) is 11.3 Å². The van der Waals surface area contributed by atoms with Gasteiger partial charge in [-0.05, 0) is 19.3 Å². The molecule has 0 aromatic heterocycles. The molecule has 0 saturated carbocycles. The van der Waals surface area contributed by atoms with Crippen LogP contribution in [0.5, 0.6) is 0 Å². The van der Waals surface area contributed by atoms with Gasteiger partial charge in [0.1, 0.15) is 0 Å². The van der Waals surface area contributed by atoms with Gasteiger partial charge in [-0.2, -0.15) is 0 Å². The number of carbonyl (C=O) groups excluding carboxylic acids is 1. The summed E-state index contributed by atoms with van der Waals surface area (Å²) in [5, 5.41) is 10.8. The van der Waals surface area contributed by atoms with Gasteiger partial charge in [-0.15, -0.1) is 0 Å². The number of alkyl halides is 1. The van der Waals surface area contributed by atoms with Gasteiger partial charge < -0.3 is 9.90 Å². The first-order chi connectivity index (χ1) is 4.27. The van der Waals surface area contributed by atoms with Crippen molar-refractivity contribution >= 4 is 21.9 Å². The molecule has 0 fully saturated rings. The molecule has 0 amide bonds. The molecule has 0 aliphatic heterocycles. The van der Waals surface area contributed by atoms with E-state index in [4.69, 9.17) is 0 Å². The topological polar surface area (TPSA) is 40.1 Å². The van der Waals surface area contributed by atoms with E-state index in [1.807, 2.05) is 0 Å². The monoisotopic (exact) mass is 200 g/mol. The van der Waals surface area contributed by atoms with Gasteiger partial charge in [0, 0.05) is 11.3 Å². The van der Waals surface area contributed by atoms with Crippen LogP contribution in [0.4, 0.5) is 0 Å². The second-order valence-corrected chi connectivity index (χ2v) is 2.66. The molecule has 0 aliphatic carbocycles. The first-order valence-corrected chi connectivity index (χ1v) is 4.15. The standard InChI is InChI=1S/C6H11BrO2.Li/c7-5-3-1-2-4-6(8)9;/h1-5H2,(H,8,9);/q;+1/p-1. The average Bonchev–Trinajstić information content (AvgIpc) is 1.80. The molecule has 0 aromatic rings. The summed E-state index contributed by atoms with van der Waals surface area (Å²) in [6.07, 6.45) is 2.97. The molecular formula is C6H10BrLiO2. The van der Waals surface area contributed by atoms with Crippen molar-refractivity contribution in [3.63, 3.8) is 0 Å². The van der Waals surface area contributed by atoms with Crippen molar-refractivity contribution in [1.82, 2.24) is 0 Å². The van der Waals surface area contributed by atoms with Crippen LogP contribution in [0.3, 0.4) is 0 Å². The number of halogens is 1. The molecule has 0 radical (unpaired) electrons. The second kappa shape index (κ2) is 9.55. The summed E-state index contributed by atoms with van der Waals surface area (Å²) in [6, 6.07) is 0. The minimum atomic E-state index is -0.940. The number of aliphatic carboxylic acids is 1. The summed E-state index contributed by atoms with van der Waals surface area (Å²) in [7, 11) is 0. The van der Waals surface area contributed by atoms with E-state index in [0.717, 1.165) is 24.6 Å². The van der Waals surface area contributed by atoms with Crippen molar-refractivity contribution in [2.75, 3.05) is 5.33 Å². The Labute approximate surface area is 81.7 Å². The second-order valence-electron chi connectivity index (χ2n) is 1.87. The van der Waals surface area contributed by atoms with Crippen LogP contribution in [0, 0.1) is 0 Å². The van der Waals surface area contributed by atoms with Crippen LogP contribution in [0.25, 0.3) is 0 Å². The quantitative estimate of drug-likeness (QED) is 0.285. The molecule has 0 spiro atoms. The molecule has 0 aromatic carbocycles. The van der Waals surface area contributed by atoms with E-state index >= 15 is 0 Å². The van der Waals surface area contributed by atoms with Gasteiger partial charge in [0.2, 0.25) is 0 Å². The van der Waals surface area contributed by atoms with E-state index in [9.17, 15) is 9.90 Å². The fourth-order valence-corrected chi connectivity index (χ4v) is 0.937. The maximum absolute atomic E-state index is 9.84. The molecule has 0 atom stereocenters. The molecule has 2 nitrogen and oxygen atoms in total. The Kier molecular flexibility index (Phi) is 12.6. The van der Waals surface area contributed by atoms with Crippen LogP contribution in [0.1, 0.15) is 25.7 Å². The zero-order valence-corrected chi connectivity index (χ0v) is 7.82. The average molecular weight is 201 g/mol. The van der Waals surface area contributed by atoms with Gasteiger partial charge in [-0.1, -0.05) is 22.4 Å². The Bertz CT molecular complexity index is 87.8. The third-order valence-electron chi connectivity index (χ3n) is 1.01. The Morgan fingerprint density at radius 3 is 2.30 bits per heavy atom. The third kappa shape index (κ3) is 11.4. The molecule has 54 valence electrons. The normalized spacial score (nSPS) is 8.50. The van der Waals surface area contributed by atoms with E-state index in [0.29, 0.717) is 0 Å². The number of rotatable bonds is 5. The van der Waals surface area contributed by atoms with E-state index in [1.165, 1.54) is 0 Å². The Morgan fingerprint density at radius 2 is 1.90 bits per heavy atom. The van der Waals surface area contributed by atoms with Crippen molar-refractivity contribution in [1.29, 1.82) is 0 Å². The largest absolute Gasteiger partial charge is 1.00 e. The maximum Gasteiger partial charge on any atom is 1.00 e. The van der Waals surface area contributed by atoms with E-state index in [-0.39, 0.29) is 25.3 Å². The van der Waals surface area contributed by atoms with Crippen LogP contribution in [0.15, 0.2) is 0 Å². The zero-order valence-electron chi connectivity index (χ0n) is 6.23. The molecule has 10 heavy (non-hydrogen) atoms. The first kappa shape index (κ1) is 13.2. The first-order valence-electron chi connectivity index (χ1n) is 3.03. The van der Waals surface area contributed by atoms with Crippen LogP contribution in [-0.2, 0) is 4.79 Å². The predicted octanol–water partition coefficient (Wildman–Crippen LogP) is -2.30. The summed E-state index contributed by atoms with van der Waals surface area (Å²) in [5.41, 5.74) is 0. The summed E-state index contributed by atoms with van der Waals surface area (Å²) >= 11 is 3.25. The van der Waals surface area contributed by atoms with Gasteiger partial charge in [-0.3, -0.25) is 0 Å². The van der Waals surface area contributed by atoms with Crippen LogP contribution in [0.2, 0.25) is 0 Å². The summed E-state index contributed by atoms with van der Waals surface area (Å²) in [5.74, 6) is -0.940. The van der Waals surface area contributed by atoms with Crippen molar-refractivity contribution in [2.45, 2.75) is 25.7 Å².